The molecule has 2 N–H and O–H groups in total. The highest BCUT2D eigenvalue weighted by molar-refractivity contribution is 6.33. The molecule has 0 aliphatic heterocycles. The monoisotopic (exact) mass is 280 g/mol. The first-order chi connectivity index (χ1) is 8.36. The van der Waals surface area contributed by atoms with Crippen LogP contribution >= 0.6 is 11.6 Å². The number of amides is 1. The Labute approximate surface area is 107 Å². The minimum Gasteiger partial charge on any atom is -0.374 e. The predicted molar refractivity (Wildman–Crippen MR) is 63.6 cm³/mol. The first kappa shape index (κ1) is 14.6. The topological polar surface area (TPSA) is 41.1 Å². The Morgan fingerprint density at radius 2 is 2.06 bits per heavy atom. The van der Waals surface area contributed by atoms with Crippen LogP contribution in [0.2, 0.25) is 5.02 Å². The van der Waals surface area contributed by atoms with E-state index < -0.39 is 17.6 Å². The fourth-order valence-electron chi connectivity index (χ4n) is 1.37. The molecule has 0 heterocycles. The van der Waals surface area contributed by atoms with E-state index >= 15 is 0 Å². The SMILES string of the molecule is CCNC(=O)CNc1c(Cl)cccc1C(F)(F)F. The zero-order valence-corrected chi connectivity index (χ0v) is 10.3. The molecule has 0 saturated heterocycles. The molecule has 0 aliphatic rings. The van der Waals surface area contributed by atoms with Crippen molar-refractivity contribution in [3.05, 3.63) is 28.8 Å². The summed E-state index contributed by atoms with van der Waals surface area (Å²) in [5, 5.41) is 4.80. The average molecular weight is 281 g/mol. The van der Waals surface area contributed by atoms with Gasteiger partial charge in [-0.3, -0.25) is 4.79 Å². The highest BCUT2D eigenvalue weighted by Gasteiger charge is 2.34. The summed E-state index contributed by atoms with van der Waals surface area (Å²) in [6, 6.07) is 3.45. The van der Waals surface area contributed by atoms with Crippen molar-refractivity contribution in [1.82, 2.24) is 5.32 Å². The van der Waals surface area contributed by atoms with Gasteiger partial charge < -0.3 is 10.6 Å². The lowest BCUT2D eigenvalue weighted by atomic mass is 10.1. The van der Waals surface area contributed by atoms with E-state index in [1.165, 1.54) is 12.1 Å². The van der Waals surface area contributed by atoms with Crippen LogP contribution in [0.4, 0.5) is 18.9 Å². The van der Waals surface area contributed by atoms with Crippen LogP contribution in [0.25, 0.3) is 0 Å². The van der Waals surface area contributed by atoms with Crippen molar-refractivity contribution in [3.8, 4) is 0 Å². The fourth-order valence-corrected chi connectivity index (χ4v) is 1.61. The van der Waals surface area contributed by atoms with Crippen molar-refractivity contribution in [3.63, 3.8) is 0 Å². The maximum Gasteiger partial charge on any atom is 0.418 e. The lowest BCUT2D eigenvalue weighted by molar-refractivity contribution is -0.137. The molecule has 0 aromatic heterocycles. The third-order valence-corrected chi connectivity index (χ3v) is 2.43. The van der Waals surface area contributed by atoms with Gasteiger partial charge in [0, 0.05) is 6.54 Å². The Hall–Kier alpha value is -1.43. The number of benzene rings is 1. The van der Waals surface area contributed by atoms with Gasteiger partial charge in [-0.25, -0.2) is 0 Å². The van der Waals surface area contributed by atoms with Gasteiger partial charge in [-0.2, -0.15) is 13.2 Å². The van der Waals surface area contributed by atoms with Crippen molar-refractivity contribution in [2.75, 3.05) is 18.4 Å². The molecule has 0 bridgehead atoms. The Kier molecular flexibility index (Phi) is 4.84. The van der Waals surface area contributed by atoms with Crippen LogP contribution < -0.4 is 10.6 Å². The minimum atomic E-state index is -4.52. The number of carbonyl (C=O) groups is 1. The lowest BCUT2D eigenvalue weighted by Crippen LogP contribution is -2.30. The van der Waals surface area contributed by atoms with E-state index in [9.17, 15) is 18.0 Å². The molecule has 100 valence electrons. The molecule has 0 aliphatic carbocycles. The lowest BCUT2D eigenvalue weighted by Gasteiger charge is -2.15. The number of hydrogen-bond acceptors (Lipinski definition) is 2. The quantitative estimate of drug-likeness (QED) is 0.890. The van der Waals surface area contributed by atoms with E-state index in [-0.39, 0.29) is 17.3 Å². The number of para-hydroxylation sites is 1. The predicted octanol–water partition coefficient (Wildman–Crippen LogP) is 2.91. The number of halogens is 4. The van der Waals surface area contributed by atoms with Gasteiger partial charge in [0.2, 0.25) is 5.91 Å². The van der Waals surface area contributed by atoms with Crippen LogP contribution in [0.1, 0.15) is 12.5 Å². The van der Waals surface area contributed by atoms with Gasteiger partial charge in [0.1, 0.15) is 0 Å². The van der Waals surface area contributed by atoms with Crippen molar-refractivity contribution in [1.29, 1.82) is 0 Å². The summed E-state index contributed by atoms with van der Waals surface area (Å²) in [7, 11) is 0. The molecule has 0 atom stereocenters. The second kappa shape index (κ2) is 5.95. The van der Waals surface area contributed by atoms with Crippen LogP contribution in [0.15, 0.2) is 18.2 Å². The molecule has 0 radical (unpaired) electrons. The largest absolute Gasteiger partial charge is 0.418 e. The number of carbonyl (C=O) groups excluding carboxylic acids is 1. The summed E-state index contributed by atoms with van der Waals surface area (Å²) in [4.78, 5) is 11.2. The van der Waals surface area contributed by atoms with E-state index in [4.69, 9.17) is 11.6 Å². The molecule has 7 heteroatoms. The second-order valence-corrected chi connectivity index (χ2v) is 3.87. The highest BCUT2D eigenvalue weighted by atomic mass is 35.5. The van der Waals surface area contributed by atoms with E-state index in [1.807, 2.05) is 0 Å². The zero-order chi connectivity index (χ0) is 13.8. The zero-order valence-electron chi connectivity index (χ0n) is 9.57. The average Bonchev–Trinajstić information content (AvgIpc) is 2.26. The van der Waals surface area contributed by atoms with Gasteiger partial charge >= 0.3 is 6.18 Å². The molecule has 1 aromatic rings. The standard InChI is InChI=1S/C11H12ClF3N2O/c1-2-16-9(18)6-17-10-7(11(13,14)15)4-3-5-8(10)12/h3-5,17H,2,6H2,1H3,(H,16,18). The molecule has 3 nitrogen and oxygen atoms in total. The molecule has 1 aromatic carbocycles. The van der Waals surface area contributed by atoms with Crippen molar-refractivity contribution < 1.29 is 18.0 Å². The van der Waals surface area contributed by atoms with Crippen LogP contribution in [0.3, 0.4) is 0 Å². The minimum absolute atomic E-state index is 0.0749. The van der Waals surface area contributed by atoms with Crippen molar-refractivity contribution in [2.24, 2.45) is 0 Å². The number of hydrogen-bond donors (Lipinski definition) is 2. The molecule has 1 rings (SSSR count). The normalized spacial score (nSPS) is 11.2. The first-order valence-electron chi connectivity index (χ1n) is 5.22. The summed E-state index contributed by atoms with van der Waals surface area (Å²) in [6.07, 6.45) is -4.52. The summed E-state index contributed by atoms with van der Waals surface area (Å²) in [6.45, 7) is 1.87. The van der Waals surface area contributed by atoms with Crippen LogP contribution in [0.5, 0.6) is 0 Å². The molecular formula is C11H12ClF3N2O. The fraction of sp³-hybridized carbons (Fsp3) is 0.364. The van der Waals surface area contributed by atoms with Crippen molar-refractivity contribution >= 4 is 23.2 Å². The van der Waals surface area contributed by atoms with Crippen LogP contribution in [-0.2, 0) is 11.0 Å². The number of likely N-dealkylation sites (N-methyl/N-ethyl adjacent to an activating group) is 1. The van der Waals surface area contributed by atoms with Gasteiger partial charge in [0.25, 0.3) is 0 Å². The van der Waals surface area contributed by atoms with Gasteiger partial charge in [-0.15, -0.1) is 0 Å². The van der Waals surface area contributed by atoms with Gasteiger partial charge in [0.05, 0.1) is 22.8 Å². The summed E-state index contributed by atoms with van der Waals surface area (Å²) in [5.74, 6) is -0.398. The van der Waals surface area contributed by atoms with E-state index in [0.29, 0.717) is 6.54 Å². The second-order valence-electron chi connectivity index (χ2n) is 3.47. The number of alkyl halides is 3. The summed E-state index contributed by atoms with van der Waals surface area (Å²) < 4.78 is 38.1. The number of rotatable bonds is 4. The molecular weight excluding hydrogens is 269 g/mol. The van der Waals surface area contributed by atoms with Gasteiger partial charge in [-0.1, -0.05) is 17.7 Å². The molecule has 18 heavy (non-hydrogen) atoms. The molecule has 0 unspecified atom stereocenters. The van der Waals surface area contributed by atoms with E-state index in [0.717, 1.165) is 6.07 Å². The Morgan fingerprint density at radius 3 is 2.61 bits per heavy atom. The summed E-state index contributed by atoms with van der Waals surface area (Å²) in [5.41, 5.74) is -1.17. The van der Waals surface area contributed by atoms with Gasteiger partial charge in [0.15, 0.2) is 0 Å². The smallest absolute Gasteiger partial charge is 0.374 e. The Bertz CT molecular complexity index is 435. The maximum atomic E-state index is 12.7. The van der Waals surface area contributed by atoms with Crippen molar-refractivity contribution in [2.45, 2.75) is 13.1 Å². The molecule has 0 saturated carbocycles. The highest BCUT2D eigenvalue weighted by Crippen LogP contribution is 2.38. The molecule has 1 amide bonds. The number of anilines is 1. The van der Waals surface area contributed by atoms with Gasteiger partial charge in [-0.05, 0) is 19.1 Å². The maximum absolute atomic E-state index is 12.7. The first-order valence-corrected chi connectivity index (χ1v) is 5.60. The van der Waals surface area contributed by atoms with Crippen LogP contribution in [-0.4, -0.2) is 19.0 Å². The van der Waals surface area contributed by atoms with E-state index in [1.54, 1.807) is 6.92 Å². The Morgan fingerprint density at radius 1 is 1.39 bits per heavy atom. The Balaban J connectivity index is 2.90. The third kappa shape index (κ3) is 3.80. The summed E-state index contributed by atoms with van der Waals surface area (Å²) >= 11 is 5.70. The number of nitrogens with one attached hydrogen (secondary N) is 2. The van der Waals surface area contributed by atoms with E-state index in [2.05, 4.69) is 10.6 Å². The molecule has 0 spiro atoms. The molecule has 0 fully saturated rings. The third-order valence-electron chi connectivity index (χ3n) is 2.12. The van der Waals surface area contributed by atoms with Crippen LogP contribution in [0, 0.1) is 0 Å².